The second-order valence-corrected chi connectivity index (χ2v) is 9.55. The van der Waals surface area contributed by atoms with Gasteiger partial charge in [-0.3, -0.25) is 14.5 Å². The third-order valence-corrected chi connectivity index (χ3v) is 7.36. The molecule has 176 valence electrons. The first kappa shape index (κ1) is 23.3. The smallest absolute Gasteiger partial charge is 0.391 e. The minimum absolute atomic E-state index is 0.131. The van der Waals surface area contributed by atoms with Gasteiger partial charge in [-0.05, 0) is 69.3 Å². The fourth-order valence-electron chi connectivity index (χ4n) is 4.86. The highest BCUT2D eigenvalue weighted by atomic mass is 35.5. The molecular formula is C22H27ClF3N3O3. The van der Waals surface area contributed by atoms with Gasteiger partial charge in [0.15, 0.2) is 0 Å². The number of β-amino-alcohol motifs (C(OH)–C–C–N with tert-alkyl or cyclic N) is 1. The van der Waals surface area contributed by atoms with Crippen LogP contribution in [0.3, 0.4) is 0 Å². The highest BCUT2D eigenvalue weighted by Gasteiger charge is 2.51. The summed E-state index contributed by atoms with van der Waals surface area (Å²) in [7, 11) is 0. The Morgan fingerprint density at radius 2 is 1.91 bits per heavy atom. The number of piperidine rings is 1. The zero-order chi connectivity index (χ0) is 23.3. The first-order valence-electron chi connectivity index (χ1n) is 10.9. The Bertz CT molecular complexity index is 906. The average Bonchev–Trinajstić information content (AvgIpc) is 3.49. The zero-order valence-corrected chi connectivity index (χ0v) is 18.6. The SMILES string of the molecule is C[C@H]1C(=O)N(CCCN2CCC3(CC3)[C@H](O)C2)CC(=O)N1c1ccc(C(F)(F)F)c(Cl)c1. The zero-order valence-electron chi connectivity index (χ0n) is 17.9. The van der Waals surface area contributed by atoms with E-state index in [0.29, 0.717) is 19.5 Å². The van der Waals surface area contributed by atoms with Gasteiger partial charge in [0.05, 0.1) is 16.7 Å². The number of halogens is 4. The topological polar surface area (TPSA) is 64.1 Å². The highest BCUT2D eigenvalue weighted by molar-refractivity contribution is 6.31. The van der Waals surface area contributed by atoms with Gasteiger partial charge in [-0.25, -0.2) is 0 Å². The van der Waals surface area contributed by atoms with Crippen molar-refractivity contribution in [1.82, 2.24) is 9.80 Å². The molecular weight excluding hydrogens is 447 g/mol. The van der Waals surface area contributed by atoms with E-state index in [-0.39, 0.29) is 35.6 Å². The first-order valence-corrected chi connectivity index (χ1v) is 11.3. The molecule has 2 aliphatic heterocycles. The molecule has 1 aromatic rings. The summed E-state index contributed by atoms with van der Waals surface area (Å²) in [5.41, 5.74) is -0.667. The maximum absolute atomic E-state index is 13.0. The Labute approximate surface area is 189 Å². The van der Waals surface area contributed by atoms with E-state index in [2.05, 4.69) is 4.90 Å². The maximum atomic E-state index is 13.0. The molecule has 3 fully saturated rings. The Balaban J connectivity index is 1.34. The molecule has 10 heteroatoms. The van der Waals surface area contributed by atoms with Gasteiger partial charge in [0, 0.05) is 18.8 Å². The summed E-state index contributed by atoms with van der Waals surface area (Å²) in [5, 5.41) is 9.81. The van der Waals surface area contributed by atoms with Crippen LogP contribution < -0.4 is 4.90 Å². The van der Waals surface area contributed by atoms with Gasteiger partial charge >= 0.3 is 6.18 Å². The molecule has 1 N–H and O–H groups in total. The van der Waals surface area contributed by atoms with E-state index >= 15 is 0 Å². The predicted octanol–water partition coefficient (Wildman–Crippen LogP) is 3.16. The lowest BCUT2D eigenvalue weighted by atomic mass is 9.90. The molecule has 3 aliphatic rings. The molecule has 2 saturated heterocycles. The molecule has 1 aliphatic carbocycles. The number of alkyl halides is 3. The Morgan fingerprint density at radius 1 is 1.19 bits per heavy atom. The Hall–Kier alpha value is -1.84. The first-order chi connectivity index (χ1) is 15.0. The highest BCUT2D eigenvalue weighted by Crippen LogP contribution is 2.53. The number of hydrogen-bond donors (Lipinski definition) is 1. The van der Waals surface area contributed by atoms with Gasteiger partial charge < -0.3 is 14.9 Å². The fraction of sp³-hybridized carbons (Fsp3) is 0.636. The standard InChI is InChI=1S/C22H27ClF3N3O3/c1-14-20(32)28(9-2-8-27-10-7-21(5-6-21)18(30)12-27)13-19(31)29(14)15-3-4-16(17(23)11-15)22(24,25)26/h3-4,11,14,18,30H,2,5-10,12-13H2,1H3/t14-,18+/m0/s1. The van der Waals surface area contributed by atoms with Crippen molar-refractivity contribution in [2.75, 3.05) is 37.6 Å². The molecule has 1 saturated carbocycles. The van der Waals surface area contributed by atoms with Crippen LogP contribution in [0.5, 0.6) is 0 Å². The summed E-state index contributed by atoms with van der Waals surface area (Å²) < 4.78 is 38.9. The number of likely N-dealkylation sites (tertiary alicyclic amines) is 1. The molecule has 0 unspecified atom stereocenters. The molecule has 1 spiro atoms. The second kappa shape index (κ2) is 8.50. The lowest BCUT2D eigenvalue weighted by Gasteiger charge is -2.40. The maximum Gasteiger partial charge on any atom is 0.417 e. The molecule has 2 heterocycles. The third kappa shape index (κ3) is 4.47. The molecule has 0 bridgehead atoms. The van der Waals surface area contributed by atoms with Gasteiger partial charge in [0.25, 0.3) is 0 Å². The van der Waals surface area contributed by atoms with Crippen LogP contribution in [0.2, 0.25) is 5.02 Å². The monoisotopic (exact) mass is 473 g/mol. The van der Waals surface area contributed by atoms with Crippen molar-refractivity contribution in [3.8, 4) is 0 Å². The Kier molecular flexibility index (Phi) is 6.19. The molecule has 1 aromatic carbocycles. The average molecular weight is 474 g/mol. The van der Waals surface area contributed by atoms with Gasteiger partial charge in [-0.2, -0.15) is 13.2 Å². The normalized spacial score (nSPS) is 26.2. The van der Waals surface area contributed by atoms with Crippen LogP contribution in [0.1, 0.15) is 38.2 Å². The largest absolute Gasteiger partial charge is 0.417 e. The second-order valence-electron chi connectivity index (χ2n) is 9.14. The molecule has 0 aromatic heterocycles. The summed E-state index contributed by atoms with van der Waals surface area (Å²) in [6.07, 6.45) is -1.01. The van der Waals surface area contributed by atoms with Crippen LogP contribution in [0.25, 0.3) is 0 Å². The van der Waals surface area contributed by atoms with Crippen molar-refractivity contribution in [1.29, 1.82) is 0 Å². The molecule has 4 rings (SSSR count). The van der Waals surface area contributed by atoms with Crippen LogP contribution in [-0.2, 0) is 15.8 Å². The molecule has 2 amide bonds. The number of piperazine rings is 1. The van der Waals surface area contributed by atoms with Gasteiger partial charge in [0.1, 0.15) is 12.6 Å². The number of aliphatic hydroxyl groups excluding tert-OH is 1. The molecule has 2 atom stereocenters. The Morgan fingerprint density at radius 3 is 2.50 bits per heavy atom. The fourth-order valence-corrected chi connectivity index (χ4v) is 5.14. The third-order valence-electron chi connectivity index (χ3n) is 7.05. The van der Waals surface area contributed by atoms with Crippen LogP contribution in [0.4, 0.5) is 18.9 Å². The van der Waals surface area contributed by atoms with Crippen LogP contribution in [-0.4, -0.2) is 71.6 Å². The van der Waals surface area contributed by atoms with Gasteiger partial charge in [0.2, 0.25) is 11.8 Å². The van der Waals surface area contributed by atoms with E-state index in [0.717, 1.165) is 44.5 Å². The van der Waals surface area contributed by atoms with Crippen molar-refractivity contribution in [2.24, 2.45) is 5.41 Å². The number of carbonyl (C=O) groups excluding carboxylic acids is 2. The van der Waals surface area contributed by atoms with E-state index in [1.165, 1.54) is 15.9 Å². The summed E-state index contributed by atoms with van der Waals surface area (Å²) in [5.74, 6) is -0.617. The summed E-state index contributed by atoms with van der Waals surface area (Å²) in [6, 6.07) is 2.24. The summed E-state index contributed by atoms with van der Waals surface area (Å²) in [4.78, 5) is 30.5. The summed E-state index contributed by atoms with van der Waals surface area (Å²) in [6.45, 7) is 4.15. The number of anilines is 1. The van der Waals surface area contributed by atoms with Gasteiger partial charge in [-0.15, -0.1) is 0 Å². The van der Waals surface area contributed by atoms with Gasteiger partial charge in [-0.1, -0.05) is 11.6 Å². The van der Waals surface area contributed by atoms with Crippen LogP contribution in [0, 0.1) is 5.41 Å². The van der Waals surface area contributed by atoms with Crippen LogP contribution >= 0.6 is 11.6 Å². The van der Waals surface area contributed by atoms with E-state index in [4.69, 9.17) is 11.6 Å². The number of rotatable bonds is 5. The minimum Gasteiger partial charge on any atom is -0.391 e. The number of nitrogens with zero attached hydrogens (tertiary/aromatic N) is 3. The number of hydrogen-bond acceptors (Lipinski definition) is 4. The molecule has 32 heavy (non-hydrogen) atoms. The molecule has 6 nitrogen and oxygen atoms in total. The van der Waals surface area contributed by atoms with Crippen molar-refractivity contribution in [2.45, 2.75) is 50.9 Å². The summed E-state index contributed by atoms with van der Waals surface area (Å²) >= 11 is 5.79. The van der Waals surface area contributed by atoms with E-state index in [9.17, 15) is 27.9 Å². The lowest BCUT2D eigenvalue weighted by molar-refractivity contribution is -0.141. The van der Waals surface area contributed by atoms with E-state index in [1.807, 2.05) is 0 Å². The minimum atomic E-state index is -4.59. The van der Waals surface area contributed by atoms with E-state index < -0.39 is 22.8 Å². The predicted molar refractivity (Wildman–Crippen MR) is 113 cm³/mol. The number of benzene rings is 1. The van der Waals surface area contributed by atoms with Crippen molar-refractivity contribution in [3.63, 3.8) is 0 Å². The van der Waals surface area contributed by atoms with Crippen LogP contribution in [0.15, 0.2) is 18.2 Å². The number of amides is 2. The van der Waals surface area contributed by atoms with Crippen molar-refractivity contribution < 1.29 is 27.9 Å². The molecule has 0 radical (unpaired) electrons. The van der Waals surface area contributed by atoms with Crippen molar-refractivity contribution in [3.05, 3.63) is 28.8 Å². The quantitative estimate of drug-likeness (QED) is 0.713. The van der Waals surface area contributed by atoms with E-state index in [1.54, 1.807) is 6.92 Å². The van der Waals surface area contributed by atoms with Crippen molar-refractivity contribution >= 4 is 29.1 Å². The number of carbonyl (C=O) groups is 2. The number of aliphatic hydroxyl groups is 1. The lowest BCUT2D eigenvalue weighted by Crippen LogP contribution is -2.59.